The SMILES string of the molecule is Cc1cccc(CCNC(=O)NCCC(=O)O)c1. The fourth-order valence-corrected chi connectivity index (χ4v) is 1.53. The molecule has 1 aromatic carbocycles. The molecule has 0 aliphatic rings. The number of carbonyl (C=O) groups excluding carboxylic acids is 1. The van der Waals surface area contributed by atoms with Gasteiger partial charge in [0.2, 0.25) is 0 Å². The average molecular weight is 250 g/mol. The summed E-state index contributed by atoms with van der Waals surface area (Å²) in [6.45, 7) is 2.70. The Hall–Kier alpha value is -2.04. The zero-order chi connectivity index (χ0) is 13.4. The summed E-state index contributed by atoms with van der Waals surface area (Å²) in [5.74, 6) is -0.921. The second-order valence-electron chi connectivity index (χ2n) is 4.07. The van der Waals surface area contributed by atoms with Crippen LogP contribution >= 0.6 is 0 Å². The summed E-state index contributed by atoms with van der Waals surface area (Å²) in [4.78, 5) is 21.5. The van der Waals surface area contributed by atoms with Gasteiger partial charge in [0.05, 0.1) is 6.42 Å². The maximum Gasteiger partial charge on any atom is 0.314 e. The van der Waals surface area contributed by atoms with Gasteiger partial charge in [0.15, 0.2) is 0 Å². The van der Waals surface area contributed by atoms with Crippen LogP contribution in [0, 0.1) is 6.92 Å². The molecule has 5 heteroatoms. The zero-order valence-corrected chi connectivity index (χ0v) is 10.4. The molecule has 98 valence electrons. The fourth-order valence-electron chi connectivity index (χ4n) is 1.53. The Balaban J connectivity index is 2.17. The van der Waals surface area contributed by atoms with Gasteiger partial charge in [0.1, 0.15) is 0 Å². The van der Waals surface area contributed by atoms with E-state index in [1.807, 2.05) is 25.1 Å². The fraction of sp³-hybridized carbons (Fsp3) is 0.385. The Labute approximate surface area is 106 Å². The number of aliphatic carboxylic acids is 1. The van der Waals surface area contributed by atoms with Gasteiger partial charge in [-0.15, -0.1) is 0 Å². The summed E-state index contributed by atoms with van der Waals surface area (Å²) in [5.41, 5.74) is 2.36. The number of rotatable bonds is 6. The third kappa shape index (κ3) is 5.89. The highest BCUT2D eigenvalue weighted by atomic mass is 16.4. The Kier molecular flexibility index (Phi) is 5.70. The van der Waals surface area contributed by atoms with Crippen LogP contribution in [0.2, 0.25) is 0 Å². The zero-order valence-electron chi connectivity index (χ0n) is 10.4. The number of hydrogen-bond donors (Lipinski definition) is 3. The van der Waals surface area contributed by atoms with Gasteiger partial charge in [-0.3, -0.25) is 4.79 Å². The van der Waals surface area contributed by atoms with Gasteiger partial charge in [-0.1, -0.05) is 29.8 Å². The predicted octanol–water partition coefficient (Wildman–Crippen LogP) is 1.31. The minimum atomic E-state index is -0.921. The Bertz CT molecular complexity index is 418. The van der Waals surface area contributed by atoms with Crippen molar-refractivity contribution in [2.24, 2.45) is 0 Å². The third-order valence-corrected chi connectivity index (χ3v) is 2.41. The Morgan fingerprint density at radius 2 is 1.94 bits per heavy atom. The molecule has 0 aliphatic heterocycles. The number of aryl methyl sites for hydroxylation is 1. The number of carboxylic acid groups (broad SMARTS) is 1. The first-order valence-electron chi connectivity index (χ1n) is 5.87. The van der Waals surface area contributed by atoms with E-state index in [1.54, 1.807) is 0 Å². The van der Waals surface area contributed by atoms with E-state index in [2.05, 4.69) is 16.7 Å². The van der Waals surface area contributed by atoms with Crippen molar-refractivity contribution in [1.82, 2.24) is 10.6 Å². The summed E-state index contributed by atoms with van der Waals surface area (Å²) in [6.07, 6.45) is 0.694. The van der Waals surface area contributed by atoms with Crippen LogP contribution in [-0.2, 0) is 11.2 Å². The molecule has 1 aromatic rings. The van der Waals surface area contributed by atoms with Crippen molar-refractivity contribution in [1.29, 1.82) is 0 Å². The number of benzene rings is 1. The topological polar surface area (TPSA) is 78.4 Å². The van der Waals surface area contributed by atoms with E-state index >= 15 is 0 Å². The number of amides is 2. The van der Waals surface area contributed by atoms with Gasteiger partial charge >= 0.3 is 12.0 Å². The van der Waals surface area contributed by atoms with E-state index in [0.717, 1.165) is 6.42 Å². The molecular formula is C13H18N2O3. The smallest absolute Gasteiger partial charge is 0.314 e. The lowest BCUT2D eigenvalue weighted by Gasteiger charge is -2.07. The lowest BCUT2D eigenvalue weighted by Crippen LogP contribution is -2.37. The van der Waals surface area contributed by atoms with Crippen molar-refractivity contribution in [3.63, 3.8) is 0 Å². The van der Waals surface area contributed by atoms with Crippen molar-refractivity contribution in [2.45, 2.75) is 19.8 Å². The van der Waals surface area contributed by atoms with E-state index in [1.165, 1.54) is 11.1 Å². The molecule has 0 heterocycles. The van der Waals surface area contributed by atoms with Crippen molar-refractivity contribution in [3.8, 4) is 0 Å². The first kappa shape index (κ1) is 14.0. The number of carbonyl (C=O) groups is 2. The highest BCUT2D eigenvalue weighted by Gasteiger charge is 2.01. The molecule has 0 bridgehead atoms. The van der Waals surface area contributed by atoms with E-state index < -0.39 is 5.97 Å². The average Bonchev–Trinajstić information content (AvgIpc) is 2.28. The number of hydrogen-bond acceptors (Lipinski definition) is 2. The molecule has 0 radical (unpaired) electrons. The van der Waals surface area contributed by atoms with Crippen LogP contribution in [0.5, 0.6) is 0 Å². The standard InChI is InChI=1S/C13H18N2O3/c1-10-3-2-4-11(9-10)5-7-14-13(18)15-8-6-12(16)17/h2-4,9H,5-8H2,1H3,(H,16,17)(H2,14,15,18). The van der Waals surface area contributed by atoms with Crippen molar-refractivity contribution in [2.75, 3.05) is 13.1 Å². The largest absolute Gasteiger partial charge is 0.481 e. The first-order chi connectivity index (χ1) is 8.58. The second-order valence-corrected chi connectivity index (χ2v) is 4.07. The van der Waals surface area contributed by atoms with Crippen LogP contribution in [0.15, 0.2) is 24.3 Å². The van der Waals surface area contributed by atoms with E-state index in [-0.39, 0.29) is 19.0 Å². The molecular weight excluding hydrogens is 232 g/mol. The van der Waals surface area contributed by atoms with Crippen LogP contribution in [0.4, 0.5) is 4.79 Å². The third-order valence-electron chi connectivity index (χ3n) is 2.41. The lowest BCUT2D eigenvalue weighted by molar-refractivity contribution is -0.136. The van der Waals surface area contributed by atoms with Crippen LogP contribution in [0.3, 0.4) is 0 Å². The van der Waals surface area contributed by atoms with E-state index in [0.29, 0.717) is 6.54 Å². The van der Waals surface area contributed by atoms with Crippen LogP contribution < -0.4 is 10.6 Å². The summed E-state index contributed by atoms with van der Waals surface area (Å²) < 4.78 is 0. The van der Waals surface area contributed by atoms with Crippen LogP contribution in [0.25, 0.3) is 0 Å². The molecule has 0 atom stereocenters. The molecule has 2 amide bonds. The van der Waals surface area contributed by atoms with Gasteiger partial charge in [-0.05, 0) is 18.9 Å². The van der Waals surface area contributed by atoms with Crippen molar-refractivity contribution >= 4 is 12.0 Å². The van der Waals surface area contributed by atoms with Gasteiger partial charge < -0.3 is 15.7 Å². The summed E-state index contributed by atoms with van der Waals surface area (Å²) in [5, 5.41) is 13.6. The highest BCUT2D eigenvalue weighted by Crippen LogP contribution is 2.03. The molecule has 0 fully saturated rings. The second kappa shape index (κ2) is 7.32. The highest BCUT2D eigenvalue weighted by molar-refractivity contribution is 5.74. The summed E-state index contributed by atoms with van der Waals surface area (Å²) in [6, 6.07) is 7.76. The monoisotopic (exact) mass is 250 g/mol. The molecule has 0 aliphatic carbocycles. The van der Waals surface area contributed by atoms with Gasteiger partial charge in [-0.2, -0.15) is 0 Å². The van der Waals surface area contributed by atoms with Crippen LogP contribution in [0.1, 0.15) is 17.5 Å². The van der Waals surface area contributed by atoms with Crippen molar-refractivity contribution in [3.05, 3.63) is 35.4 Å². The molecule has 0 unspecified atom stereocenters. The number of carboxylic acids is 1. The number of urea groups is 1. The minimum absolute atomic E-state index is 0.0642. The number of nitrogens with one attached hydrogen (secondary N) is 2. The van der Waals surface area contributed by atoms with E-state index in [9.17, 15) is 9.59 Å². The quantitative estimate of drug-likeness (QED) is 0.712. The maximum atomic E-state index is 11.3. The molecule has 0 saturated carbocycles. The van der Waals surface area contributed by atoms with Crippen molar-refractivity contribution < 1.29 is 14.7 Å². The molecule has 3 N–H and O–H groups in total. The van der Waals surface area contributed by atoms with Crippen LogP contribution in [-0.4, -0.2) is 30.2 Å². The maximum absolute atomic E-state index is 11.3. The van der Waals surface area contributed by atoms with Gasteiger partial charge in [0, 0.05) is 13.1 Å². The molecule has 0 spiro atoms. The predicted molar refractivity (Wildman–Crippen MR) is 68.5 cm³/mol. The summed E-state index contributed by atoms with van der Waals surface area (Å²) in [7, 11) is 0. The Morgan fingerprint density at radius 3 is 2.61 bits per heavy atom. The molecule has 18 heavy (non-hydrogen) atoms. The molecule has 0 aromatic heterocycles. The first-order valence-corrected chi connectivity index (χ1v) is 5.87. The minimum Gasteiger partial charge on any atom is -0.481 e. The molecule has 0 saturated heterocycles. The Morgan fingerprint density at radius 1 is 1.22 bits per heavy atom. The van der Waals surface area contributed by atoms with Gasteiger partial charge in [0.25, 0.3) is 0 Å². The molecule has 5 nitrogen and oxygen atoms in total. The lowest BCUT2D eigenvalue weighted by atomic mass is 10.1. The normalized spacial score (nSPS) is 9.83. The summed E-state index contributed by atoms with van der Waals surface area (Å²) >= 11 is 0. The van der Waals surface area contributed by atoms with E-state index in [4.69, 9.17) is 5.11 Å². The molecule has 1 rings (SSSR count). The van der Waals surface area contributed by atoms with Gasteiger partial charge in [-0.25, -0.2) is 4.79 Å².